The number of nitrogens with one attached hydrogen (secondary N) is 1. The van der Waals surface area contributed by atoms with E-state index >= 15 is 0 Å². The van der Waals surface area contributed by atoms with Crippen molar-refractivity contribution in [1.82, 2.24) is 10.2 Å². The van der Waals surface area contributed by atoms with Crippen molar-refractivity contribution >= 4 is 0 Å². The first kappa shape index (κ1) is 14.0. The standard InChI is InChI=1S/C14H30N2/c1-6-13(15-4)12(3)16(5)14-10-8-7-9-11(14)2/h11-15H,6-10H2,1-5H3. The first-order chi connectivity index (χ1) is 7.61. The van der Waals surface area contributed by atoms with Crippen LogP contribution in [0.25, 0.3) is 0 Å². The minimum absolute atomic E-state index is 0.624. The SMILES string of the molecule is CCC(NC)C(C)N(C)C1CCCCC1C. The molecule has 0 aliphatic heterocycles. The molecule has 1 fully saturated rings. The first-order valence-corrected chi connectivity index (χ1v) is 7.01. The zero-order chi connectivity index (χ0) is 12.1. The molecule has 0 heterocycles. The summed E-state index contributed by atoms with van der Waals surface area (Å²) >= 11 is 0. The van der Waals surface area contributed by atoms with Crippen LogP contribution in [0.2, 0.25) is 0 Å². The van der Waals surface area contributed by atoms with Gasteiger partial charge < -0.3 is 5.32 Å². The van der Waals surface area contributed by atoms with Gasteiger partial charge in [0.15, 0.2) is 0 Å². The summed E-state index contributed by atoms with van der Waals surface area (Å²) in [4.78, 5) is 2.62. The molecule has 0 aromatic heterocycles. The van der Waals surface area contributed by atoms with Crippen LogP contribution in [-0.4, -0.2) is 37.1 Å². The Balaban J connectivity index is 2.56. The van der Waals surface area contributed by atoms with E-state index in [-0.39, 0.29) is 0 Å². The van der Waals surface area contributed by atoms with Gasteiger partial charge in [-0.05, 0) is 46.2 Å². The monoisotopic (exact) mass is 226 g/mol. The van der Waals surface area contributed by atoms with Crippen LogP contribution in [0.4, 0.5) is 0 Å². The summed E-state index contributed by atoms with van der Waals surface area (Å²) in [5.74, 6) is 0.871. The number of likely N-dealkylation sites (N-methyl/N-ethyl adjacent to an activating group) is 2. The summed E-state index contributed by atoms with van der Waals surface area (Å²) in [5, 5.41) is 3.44. The van der Waals surface area contributed by atoms with Crippen LogP contribution in [0.1, 0.15) is 52.9 Å². The summed E-state index contributed by atoms with van der Waals surface area (Å²) in [6.07, 6.45) is 6.87. The molecule has 0 aromatic rings. The lowest BCUT2D eigenvalue weighted by Gasteiger charge is -2.42. The molecule has 0 amide bonds. The van der Waals surface area contributed by atoms with Crippen molar-refractivity contribution in [2.45, 2.75) is 71.0 Å². The van der Waals surface area contributed by atoms with Crippen molar-refractivity contribution < 1.29 is 0 Å². The highest BCUT2D eigenvalue weighted by Gasteiger charge is 2.29. The van der Waals surface area contributed by atoms with E-state index in [2.05, 4.69) is 45.1 Å². The highest BCUT2D eigenvalue weighted by atomic mass is 15.2. The topological polar surface area (TPSA) is 15.3 Å². The minimum atomic E-state index is 0.624. The summed E-state index contributed by atoms with van der Waals surface area (Å²) in [5.41, 5.74) is 0. The summed E-state index contributed by atoms with van der Waals surface area (Å²) in [6.45, 7) is 7.06. The molecule has 1 aliphatic rings. The Bertz CT molecular complexity index is 189. The molecule has 0 saturated heterocycles. The van der Waals surface area contributed by atoms with Crippen LogP contribution in [0.3, 0.4) is 0 Å². The average molecular weight is 226 g/mol. The summed E-state index contributed by atoms with van der Waals surface area (Å²) in [6, 6.07) is 2.06. The van der Waals surface area contributed by atoms with E-state index in [9.17, 15) is 0 Å². The van der Waals surface area contributed by atoms with E-state index in [1.165, 1.54) is 32.1 Å². The molecule has 16 heavy (non-hydrogen) atoms. The van der Waals surface area contributed by atoms with Gasteiger partial charge in [0.1, 0.15) is 0 Å². The van der Waals surface area contributed by atoms with Gasteiger partial charge in [-0.25, -0.2) is 0 Å². The highest BCUT2D eigenvalue weighted by Crippen LogP contribution is 2.29. The van der Waals surface area contributed by atoms with E-state index in [0.29, 0.717) is 12.1 Å². The van der Waals surface area contributed by atoms with Crippen LogP contribution >= 0.6 is 0 Å². The molecular formula is C14H30N2. The maximum atomic E-state index is 3.44. The largest absolute Gasteiger partial charge is 0.315 e. The van der Waals surface area contributed by atoms with Crippen LogP contribution in [0, 0.1) is 5.92 Å². The average Bonchev–Trinajstić information content (AvgIpc) is 2.30. The van der Waals surface area contributed by atoms with Gasteiger partial charge in [-0.1, -0.05) is 26.7 Å². The Morgan fingerprint density at radius 2 is 1.94 bits per heavy atom. The molecule has 1 N–H and O–H groups in total. The minimum Gasteiger partial charge on any atom is -0.315 e. The molecule has 0 spiro atoms. The third-order valence-corrected chi connectivity index (χ3v) is 4.62. The number of rotatable bonds is 5. The van der Waals surface area contributed by atoms with Gasteiger partial charge >= 0.3 is 0 Å². The van der Waals surface area contributed by atoms with Crippen molar-refractivity contribution in [2.24, 2.45) is 5.92 Å². The Morgan fingerprint density at radius 3 is 2.44 bits per heavy atom. The van der Waals surface area contributed by atoms with E-state index in [4.69, 9.17) is 0 Å². The second-order valence-electron chi connectivity index (χ2n) is 5.54. The number of nitrogens with zero attached hydrogens (tertiary/aromatic N) is 1. The van der Waals surface area contributed by atoms with Gasteiger partial charge in [0.25, 0.3) is 0 Å². The fraction of sp³-hybridized carbons (Fsp3) is 1.00. The van der Waals surface area contributed by atoms with Crippen LogP contribution in [0.5, 0.6) is 0 Å². The Hall–Kier alpha value is -0.0800. The van der Waals surface area contributed by atoms with Crippen molar-refractivity contribution in [3.05, 3.63) is 0 Å². The maximum Gasteiger partial charge on any atom is 0.0220 e. The fourth-order valence-corrected chi connectivity index (χ4v) is 3.27. The molecule has 4 unspecified atom stereocenters. The zero-order valence-electron chi connectivity index (χ0n) is 11.8. The number of hydrogen-bond acceptors (Lipinski definition) is 2. The van der Waals surface area contributed by atoms with E-state index in [0.717, 1.165) is 12.0 Å². The molecule has 2 heteroatoms. The zero-order valence-corrected chi connectivity index (χ0v) is 11.8. The molecule has 1 rings (SSSR count). The van der Waals surface area contributed by atoms with Crippen molar-refractivity contribution in [2.75, 3.05) is 14.1 Å². The molecule has 0 radical (unpaired) electrons. The number of hydrogen-bond donors (Lipinski definition) is 1. The predicted molar refractivity (Wildman–Crippen MR) is 71.8 cm³/mol. The second kappa shape index (κ2) is 6.61. The van der Waals surface area contributed by atoms with Gasteiger partial charge in [-0.2, -0.15) is 0 Å². The van der Waals surface area contributed by atoms with Gasteiger partial charge in [-0.15, -0.1) is 0 Å². The highest BCUT2D eigenvalue weighted by molar-refractivity contribution is 4.86. The normalized spacial score (nSPS) is 30.4. The third-order valence-electron chi connectivity index (χ3n) is 4.62. The summed E-state index contributed by atoms with van der Waals surface area (Å²) < 4.78 is 0. The van der Waals surface area contributed by atoms with E-state index in [1.807, 2.05) is 0 Å². The Labute approximate surface area is 102 Å². The smallest absolute Gasteiger partial charge is 0.0220 e. The van der Waals surface area contributed by atoms with E-state index < -0.39 is 0 Å². The van der Waals surface area contributed by atoms with Gasteiger partial charge in [0, 0.05) is 18.1 Å². The molecule has 2 nitrogen and oxygen atoms in total. The van der Waals surface area contributed by atoms with Crippen LogP contribution in [0.15, 0.2) is 0 Å². The lowest BCUT2D eigenvalue weighted by Crippen LogP contribution is -2.51. The van der Waals surface area contributed by atoms with Gasteiger partial charge in [0.2, 0.25) is 0 Å². The lowest BCUT2D eigenvalue weighted by molar-refractivity contribution is 0.0853. The lowest BCUT2D eigenvalue weighted by atomic mass is 9.84. The maximum absolute atomic E-state index is 3.44. The van der Waals surface area contributed by atoms with Crippen molar-refractivity contribution in [3.8, 4) is 0 Å². The second-order valence-corrected chi connectivity index (χ2v) is 5.54. The van der Waals surface area contributed by atoms with E-state index in [1.54, 1.807) is 0 Å². The fourth-order valence-electron chi connectivity index (χ4n) is 3.27. The summed E-state index contributed by atoms with van der Waals surface area (Å²) in [7, 11) is 4.40. The third kappa shape index (κ3) is 3.21. The predicted octanol–water partition coefficient (Wildman–Crippen LogP) is 2.88. The van der Waals surface area contributed by atoms with Gasteiger partial charge in [-0.3, -0.25) is 4.90 Å². The van der Waals surface area contributed by atoms with Crippen LogP contribution in [-0.2, 0) is 0 Å². The molecule has 0 bridgehead atoms. The molecule has 96 valence electrons. The molecule has 4 atom stereocenters. The molecule has 1 aliphatic carbocycles. The molecule has 1 saturated carbocycles. The van der Waals surface area contributed by atoms with Crippen molar-refractivity contribution in [3.63, 3.8) is 0 Å². The first-order valence-electron chi connectivity index (χ1n) is 7.01. The van der Waals surface area contributed by atoms with Gasteiger partial charge in [0.05, 0.1) is 0 Å². The Kier molecular flexibility index (Phi) is 5.77. The molecular weight excluding hydrogens is 196 g/mol. The molecule has 0 aromatic carbocycles. The van der Waals surface area contributed by atoms with Crippen LogP contribution < -0.4 is 5.32 Å². The Morgan fingerprint density at radius 1 is 1.31 bits per heavy atom. The van der Waals surface area contributed by atoms with Crippen molar-refractivity contribution in [1.29, 1.82) is 0 Å². The quantitative estimate of drug-likeness (QED) is 0.775.